The zero-order valence-electron chi connectivity index (χ0n) is 19.5. The van der Waals surface area contributed by atoms with Gasteiger partial charge in [0.15, 0.2) is 5.54 Å². The highest BCUT2D eigenvalue weighted by atomic mass is 32.2. The first-order valence-corrected chi connectivity index (χ1v) is 11.8. The van der Waals surface area contributed by atoms with Crippen LogP contribution in [0.4, 0.5) is 0 Å². The van der Waals surface area contributed by atoms with Crippen molar-refractivity contribution in [3.63, 3.8) is 0 Å². The van der Waals surface area contributed by atoms with Gasteiger partial charge >= 0.3 is 11.9 Å². The molecule has 1 aliphatic heterocycles. The van der Waals surface area contributed by atoms with E-state index in [2.05, 4.69) is 16.0 Å². The Kier molecular flexibility index (Phi) is 11.1. The summed E-state index contributed by atoms with van der Waals surface area (Å²) in [5.41, 5.74) is 3.29. The van der Waals surface area contributed by atoms with Crippen LogP contribution in [-0.4, -0.2) is 97.3 Å². The normalized spacial score (nSPS) is 24.3. The van der Waals surface area contributed by atoms with Gasteiger partial charge in [0.25, 0.3) is 0 Å². The van der Waals surface area contributed by atoms with Crippen molar-refractivity contribution in [2.24, 2.45) is 17.6 Å². The Hall–Kier alpha value is -2.75. The first-order chi connectivity index (χ1) is 16.1. The summed E-state index contributed by atoms with van der Waals surface area (Å²) in [4.78, 5) is 71.6. The van der Waals surface area contributed by atoms with E-state index in [0.717, 1.165) is 0 Å². The maximum atomic E-state index is 13.2. The lowest BCUT2D eigenvalue weighted by Crippen LogP contribution is -2.64. The highest BCUT2D eigenvalue weighted by Gasteiger charge is 2.60. The molecule has 15 heteroatoms. The van der Waals surface area contributed by atoms with Gasteiger partial charge in [0.2, 0.25) is 22.8 Å². The molecule has 0 bridgehead atoms. The average Bonchev–Trinajstić information content (AvgIpc) is 3.02. The molecule has 1 aliphatic rings. The molecule has 14 nitrogen and oxygen atoms in total. The van der Waals surface area contributed by atoms with E-state index in [1.54, 1.807) is 13.8 Å². The Bertz CT molecular complexity index is 854. The van der Waals surface area contributed by atoms with Crippen LogP contribution in [0.3, 0.4) is 0 Å². The first kappa shape index (κ1) is 30.3. The minimum Gasteiger partial charge on any atom is -0.480 e. The number of carboxylic acid groups (broad SMARTS) is 2. The molecule has 1 saturated heterocycles. The molecule has 35 heavy (non-hydrogen) atoms. The lowest BCUT2D eigenvalue weighted by molar-refractivity contribution is -0.139. The molecule has 0 radical (unpaired) electrons. The lowest BCUT2D eigenvalue weighted by atomic mass is 9.81. The molecule has 0 aromatic rings. The Morgan fingerprint density at radius 2 is 1.80 bits per heavy atom. The summed E-state index contributed by atoms with van der Waals surface area (Å²) in [5, 5.41) is 44.8. The van der Waals surface area contributed by atoms with Crippen molar-refractivity contribution < 1.29 is 49.2 Å². The predicted octanol–water partition coefficient (Wildman–Crippen LogP) is -2.99. The number of aliphatic hydroxyl groups excluding tert-OH is 2. The van der Waals surface area contributed by atoms with Gasteiger partial charge in [0.1, 0.15) is 18.6 Å². The monoisotopic (exact) mass is 520 g/mol. The average molecular weight is 521 g/mol. The van der Waals surface area contributed by atoms with Crippen LogP contribution in [0.2, 0.25) is 0 Å². The number of carboxylic acids is 2. The van der Waals surface area contributed by atoms with Gasteiger partial charge in [-0.2, -0.15) is 0 Å². The molecular formula is C20H32N4O10S. The third-order valence-electron chi connectivity index (χ3n) is 5.57. The summed E-state index contributed by atoms with van der Waals surface area (Å²) in [6, 6.07) is -2.75. The van der Waals surface area contributed by atoms with E-state index in [9.17, 15) is 39.0 Å². The molecule has 1 heterocycles. The lowest BCUT2D eigenvalue weighted by Gasteiger charge is -2.37. The summed E-state index contributed by atoms with van der Waals surface area (Å²) in [6.07, 6.45) is -3.65. The molecule has 0 aliphatic carbocycles. The van der Waals surface area contributed by atoms with E-state index in [1.165, 1.54) is 6.92 Å². The van der Waals surface area contributed by atoms with Crippen LogP contribution in [0, 0.1) is 11.8 Å². The summed E-state index contributed by atoms with van der Waals surface area (Å²) >= 11 is 0.453. The molecule has 0 spiro atoms. The fourth-order valence-corrected chi connectivity index (χ4v) is 4.50. The second kappa shape index (κ2) is 12.8. The quantitative estimate of drug-likeness (QED) is 0.121. The molecule has 6 atom stereocenters. The largest absolute Gasteiger partial charge is 0.480 e. The molecule has 3 amide bonds. The number of hydrogen-bond donors (Lipinski definition) is 8. The summed E-state index contributed by atoms with van der Waals surface area (Å²) < 4.78 is 0. The van der Waals surface area contributed by atoms with Crippen molar-refractivity contribution in [1.82, 2.24) is 16.0 Å². The van der Waals surface area contributed by atoms with E-state index >= 15 is 0 Å². The van der Waals surface area contributed by atoms with Crippen molar-refractivity contribution in [3.05, 3.63) is 0 Å². The van der Waals surface area contributed by atoms with Gasteiger partial charge in [-0.25, -0.2) is 0 Å². The number of hydrogen-bond acceptors (Lipinski definition) is 10. The third-order valence-corrected chi connectivity index (χ3v) is 6.67. The van der Waals surface area contributed by atoms with E-state index in [1.807, 2.05) is 0 Å². The maximum absolute atomic E-state index is 13.2. The topological polar surface area (TPSA) is 245 Å². The highest BCUT2D eigenvalue weighted by Crippen LogP contribution is 2.36. The number of aliphatic carboxylic acids is 2. The number of nitrogens with one attached hydrogen (secondary N) is 3. The van der Waals surface area contributed by atoms with Crippen molar-refractivity contribution in [2.45, 2.75) is 63.4 Å². The second-order valence-corrected chi connectivity index (χ2v) is 9.59. The number of amides is 3. The third kappa shape index (κ3) is 7.62. The minimum absolute atomic E-state index is 0.240. The molecule has 1 fully saturated rings. The first-order valence-electron chi connectivity index (χ1n) is 10.8. The molecule has 198 valence electrons. The van der Waals surface area contributed by atoms with E-state index < -0.39 is 88.7 Å². The molecule has 9 N–H and O–H groups in total. The second-order valence-electron chi connectivity index (χ2n) is 8.59. The number of aliphatic hydroxyl groups is 2. The van der Waals surface area contributed by atoms with Crippen LogP contribution in [0.1, 0.15) is 33.6 Å². The minimum atomic E-state index is -2.06. The zero-order valence-corrected chi connectivity index (χ0v) is 20.3. The molecule has 0 aromatic heterocycles. The summed E-state index contributed by atoms with van der Waals surface area (Å²) in [7, 11) is 0. The van der Waals surface area contributed by atoms with Gasteiger partial charge in [-0.05, 0) is 12.3 Å². The van der Waals surface area contributed by atoms with Crippen LogP contribution in [-0.2, 0) is 28.8 Å². The molecule has 1 rings (SSSR count). The fraction of sp³-hybridized carbons (Fsp3) is 0.700. The Balaban J connectivity index is 3.04. The SMILES string of the molecule is CC(C)C(O)C1(C(=O)SCC(NC(=O)CCC(N)C(=O)O)C(=O)NCC(=O)O)NC(=O)C(C)C1O. The van der Waals surface area contributed by atoms with E-state index in [0.29, 0.717) is 11.8 Å². The predicted molar refractivity (Wildman–Crippen MR) is 122 cm³/mol. The molecule has 6 unspecified atom stereocenters. The van der Waals surface area contributed by atoms with Gasteiger partial charge in [-0.15, -0.1) is 0 Å². The number of carbonyl (C=O) groups excluding carboxylic acids is 4. The van der Waals surface area contributed by atoms with Gasteiger partial charge in [-0.3, -0.25) is 28.8 Å². The van der Waals surface area contributed by atoms with Gasteiger partial charge in [0, 0.05) is 12.2 Å². The number of thioether (sulfide) groups is 1. The Morgan fingerprint density at radius 1 is 1.20 bits per heavy atom. The molecule has 0 aromatic carbocycles. The van der Waals surface area contributed by atoms with Crippen LogP contribution in [0.15, 0.2) is 0 Å². The van der Waals surface area contributed by atoms with Crippen LogP contribution in [0.5, 0.6) is 0 Å². The van der Waals surface area contributed by atoms with Crippen molar-refractivity contribution in [1.29, 1.82) is 0 Å². The number of nitrogens with two attached hydrogens (primary N) is 1. The van der Waals surface area contributed by atoms with Gasteiger partial charge in [0.05, 0.1) is 18.1 Å². The smallest absolute Gasteiger partial charge is 0.322 e. The zero-order chi connectivity index (χ0) is 27.1. The van der Waals surface area contributed by atoms with Gasteiger partial charge < -0.3 is 42.1 Å². The van der Waals surface area contributed by atoms with Crippen LogP contribution in [0.25, 0.3) is 0 Å². The van der Waals surface area contributed by atoms with Crippen LogP contribution < -0.4 is 21.7 Å². The fourth-order valence-electron chi connectivity index (χ4n) is 3.42. The van der Waals surface area contributed by atoms with Gasteiger partial charge in [-0.1, -0.05) is 32.5 Å². The maximum Gasteiger partial charge on any atom is 0.322 e. The van der Waals surface area contributed by atoms with Crippen molar-refractivity contribution >= 4 is 46.5 Å². The Morgan fingerprint density at radius 3 is 2.26 bits per heavy atom. The number of carbonyl (C=O) groups is 6. The highest BCUT2D eigenvalue weighted by molar-refractivity contribution is 8.13. The summed E-state index contributed by atoms with van der Waals surface area (Å²) in [6.45, 7) is 3.78. The van der Waals surface area contributed by atoms with Crippen molar-refractivity contribution in [3.8, 4) is 0 Å². The Labute approximate surface area is 205 Å². The standard InChI is InChI=1S/C20H32N4O10S/c1-8(2)14(28)20(15(29)9(3)16(30)24-20)19(34)35-7-11(17(31)22-6-13(26)27)23-12(25)5-4-10(21)18(32)33/h8-11,14-15,28-29H,4-7,21H2,1-3H3,(H,22,31)(H,23,25)(H,24,30)(H,26,27)(H,32,33). The summed E-state index contributed by atoms with van der Waals surface area (Å²) in [5.74, 6) is -7.03. The van der Waals surface area contributed by atoms with Crippen molar-refractivity contribution in [2.75, 3.05) is 12.3 Å². The number of rotatable bonds is 13. The van der Waals surface area contributed by atoms with E-state index in [4.69, 9.17) is 15.9 Å². The van der Waals surface area contributed by atoms with Crippen LogP contribution >= 0.6 is 11.8 Å². The molecule has 0 saturated carbocycles. The van der Waals surface area contributed by atoms with E-state index in [-0.39, 0.29) is 12.8 Å². The molecular weight excluding hydrogens is 488 g/mol.